The molecule has 72 valence electrons. The molecule has 1 aliphatic rings. The highest BCUT2D eigenvalue weighted by molar-refractivity contribution is 4.75. The van der Waals surface area contributed by atoms with Crippen LogP contribution >= 0.6 is 0 Å². The average Bonchev–Trinajstić information content (AvgIpc) is 2.15. The van der Waals surface area contributed by atoms with Crippen molar-refractivity contribution in [1.82, 2.24) is 5.32 Å². The highest BCUT2D eigenvalue weighted by Gasteiger charge is 2.21. The number of unbranched alkanes of at least 4 members (excludes halogenated alkanes) is 1. The van der Waals surface area contributed by atoms with Crippen LogP contribution in [-0.2, 0) is 0 Å². The summed E-state index contributed by atoms with van der Waals surface area (Å²) in [6.07, 6.45) is 4.47. The fourth-order valence-corrected chi connectivity index (χ4v) is 1.84. The van der Waals surface area contributed by atoms with Gasteiger partial charge in [-0.2, -0.15) is 0 Å². The van der Waals surface area contributed by atoms with E-state index in [0.29, 0.717) is 5.92 Å². The number of hydrogen-bond donors (Lipinski definition) is 1. The number of nitrogens with one attached hydrogen (secondary N) is 1. The van der Waals surface area contributed by atoms with Crippen molar-refractivity contribution < 1.29 is 4.39 Å². The molecule has 1 N–H and O–H groups in total. The van der Waals surface area contributed by atoms with Crippen LogP contribution in [0.1, 0.15) is 39.0 Å². The van der Waals surface area contributed by atoms with E-state index in [9.17, 15) is 4.39 Å². The van der Waals surface area contributed by atoms with Crippen LogP contribution in [0, 0.1) is 5.92 Å². The summed E-state index contributed by atoms with van der Waals surface area (Å²) in [5.74, 6) is 0.345. The third-order valence-corrected chi connectivity index (χ3v) is 2.73. The molecule has 1 atom stereocenters. The topological polar surface area (TPSA) is 12.0 Å². The molecule has 0 aromatic carbocycles. The fraction of sp³-hybridized carbons (Fsp3) is 1.00. The Kier molecular flexibility index (Phi) is 4.59. The minimum Gasteiger partial charge on any atom is -0.317 e. The van der Waals surface area contributed by atoms with Gasteiger partial charge in [0.2, 0.25) is 0 Å². The monoisotopic (exact) mass is 173 g/mol. The van der Waals surface area contributed by atoms with Gasteiger partial charge in [-0.05, 0) is 38.3 Å². The Morgan fingerprint density at radius 1 is 1.42 bits per heavy atom. The van der Waals surface area contributed by atoms with Gasteiger partial charge in [-0.3, -0.25) is 0 Å². The molecule has 1 heterocycles. The summed E-state index contributed by atoms with van der Waals surface area (Å²) < 4.78 is 13.4. The molecule has 0 amide bonds. The molecule has 0 aliphatic carbocycles. The zero-order valence-corrected chi connectivity index (χ0v) is 7.98. The van der Waals surface area contributed by atoms with Gasteiger partial charge in [-0.1, -0.05) is 19.8 Å². The van der Waals surface area contributed by atoms with Crippen molar-refractivity contribution in [3.8, 4) is 0 Å². The molecule has 1 aliphatic heterocycles. The van der Waals surface area contributed by atoms with Crippen LogP contribution in [0.25, 0.3) is 0 Å². The number of hydrogen-bond acceptors (Lipinski definition) is 1. The van der Waals surface area contributed by atoms with E-state index >= 15 is 0 Å². The minimum atomic E-state index is -0.535. The van der Waals surface area contributed by atoms with Crippen molar-refractivity contribution in [3.05, 3.63) is 0 Å². The number of piperidine rings is 1. The molecular formula is C10H20FN. The van der Waals surface area contributed by atoms with E-state index in [1.54, 1.807) is 0 Å². The van der Waals surface area contributed by atoms with Crippen LogP contribution in [0.5, 0.6) is 0 Å². The zero-order chi connectivity index (χ0) is 8.81. The Bertz CT molecular complexity index is 110. The number of alkyl halides is 1. The second-order valence-electron chi connectivity index (χ2n) is 3.75. The first kappa shape index (κ1) is 9.97. The van der Waals surface area contributed by atoms with E-state index in [1.165, 1.54) is 0 Å². The predicted molar refractivity (Wildman–Crippen MR) is 50.0 cm³/mol. The molecule has 1 unspecified atom stereocenters. The molecule has 0 saturated carbocycles. The minimum absolute atomic E-state index is 0.345. The maximum absolute atomic E-state index is 13.4. The van der Waals surface area contributed by atoms with E-state index < -0.39 is 6.17 Å². The first-order chi connectivity index (χ1) is 5.84. The third kappa shape index (κ3) is 3.10. The van der Waals surface area contributed by atoms with Crippen molar-refractivity contribution >= 4 is 0 Å². The van der Waals surface area contributed by atoms with Gasteiger partial charge in [-0.25, -0.2) is 4.39 Å². The largest absolute Gasteiger partial charge is 0.317 e. The summed E-state index contributed by atoms with van der Waals surface area (Å²) in [4.78, 5) is 0. The van der Waals surface area contributed by atoms with Crippen molar-refractivity contribution in [2.75, 3.05) is 13.1 Å². The third-order valence-electron chi connectivity index (χ3n) is 2.73. The summed E-state index contributed by atoms with van der Waals surface area (Å²) in [7, 11) is 0. The molecule has 1 saturated heterocycles. The van der Waals surface area contributed by atoms with Crippen molar-refractivity contribution in [2.45, 2.75) is 45.2 Å². The average molecular weight is 173 g/mol. The van der Waals surface area contributed by atoms with E-state index in [1.807, 2.05) is 0 Å². The lowest BCUT2D eigenvalue weighted by Gasteiger charge is -2.25. The molecule has 0 aromatic heterocycles. The van der Waals surface area contributed by atoms with E-state index in [2.05, 4.69) is 12.2 Å². The smallest absolute Gasteiger partial charge is 0.103 e. The molecule has 12 heavy (non-hydrogen) atoms. The van der Waals surface area contributed by atoms with E-state index in [4.69, 9.17) is 0 Å². The second kappa shape index (κ2) is 5.52. The molecule has 0 spiro atoms. The molecule has 0 bridgehead atoms. The van der Waals surface area contributed by atoms with Crippen LogP contribution in [0.2, 0.25) is 0 Å². The van der Waals surface area contributed by atoms with Gasteiger partial charge in [-0.15, -0.1) is 0 Å². The molecule has 1 fully saturated rings. The summed E-state index contributed by atoms with van der Waals surface area (Å²) >= 11 is 0. The van der Waals surface area contributed by atoms with Gasteiger partial charge in [0.25, 0.3) is 0 Å². The van der Waals surface area contributed by atoms with Crippen LogP contribution in [0.15, 0.2) is 0 Å². The lowest BCUT2D eigenvalue weighted by molar-refractivity contribution is 0.174. The summed E-state index contributed by atoms with van der Waals surface area (Å²) in [6, 6.07) is 0. The zero-order valence-electron chi connectivity index (χ0n) is 7.98. The predicted octanol–water partition coefficient (Wildman–Crippen LogP) is 2.51. The van der Waals surface area contributed by atoms with Gasteiger partial charge in [0.15, 0.2) is 0 Å². The Hall–Kier alpha value is -0.110. The summed E-state index contributed by atoms with van der Waals surface area (Å²) in [5, 5.41) is 3.26. The van der Waals surface area contributed by atoms with Gasteiger partial charge in [0.05, 0.1) is 0 Å². The molecule has 0 aromatic rings. The maximum Gasteiger partial charge on any atom is 0.103 e. The van der Waals surface area contributed by atoms with Crippen LogP contribution in [0.4, 0.5) is 4.39 Å². The standard InChI is InChI=1S/C10H20FN/c1-2-3-4-10(11)9-5-7-12-8-6-9/h9-10,12H,2-8H2,1H3. The lowest BCUT2D eigenvalue weighted by Crippen LogP contribution is -2.32. The Morgan fingerprint density at radius 2 is 2.08 bits per heavy atom. The van der Waals surface area contributed by atoms with Gasteiger partial charge in [0, 0.05) is 0 Å². The normalized spacial score (nSPS) is 22.5. The highest BCUT2D eigenvalue weighted by Crippen LogP contribution is 2.22. The van der Waals surface area contributed by atoms with Gasteiger partial charge < -0.3 is 5.32 Å². The first-order valence-corrected chi connectivity index (χ1v) is 5.19. The lowest BCUT2D eigenvalue weighted by atomic mass is 9.90. The molecule has 1 rings (SSSR count). The van der Waals surface area contributed by atoms with Crippen LogP contribution in [-0.4, -0.2) is 19.3 Å². The highest BCUT2D eigenvalue weighted by atomic mass is 19.1. The van der Waals surface area contributed by atoms with Crippen LogP contribution in [0.3, 0.4) is 0 Å². The number of rotatable bonds is 4. The first-order valence-electron chi connectivity index (χ1n) is 5.19. The molecule has 0 radical (unpaired) electrons. The SMILES string of the molecule is CCCCC(F)C1CCNCC1. The maximum atomic E-state index is 13.4. The quantitative estimate of drug-likeness (QED) is 0.688. The van der Waals surface area contributed by atoms with Crippen molar-refractivity contribution in [1.29, 1.82) is 0 Å². The van der Waals surface area contributed by atoms with Crippen LogP contribution < -0.4 is 5.32 Å². The van der Waals surface area contributed by atoms with Crippen molar-refractivity contribution in [3.63, 3.8) is 0 Å². The van der Waals surface area contributed by atoms with Crippen molar-refractivity contribution in [2.24, 2.45) is 5.92 Å². The molecular weight excluding hydrogens is 153 g/mol. The van der Waals surface area contributed by atoms with E-state index in [0.717, 1.165) is 45.2 Å². The van der Waals surface area contributed by atoms with Gasteiger partial charge in [0.1, 0.15) is 6.17 Å². The molecule has 2 heteroatoms. The Morgan fingerprint density at radius 3 is 2.67 bits per heavy atom. The molecule has 1 nitrogen and oxygen atoms in total. The van der Waals surface area contributed by atoms with Gasteiger partial charge >= 0.3 is 0 Å². The Labute approximate surface area is 74.7 Å². The second-order valence-corrected chi connectivity index (χ2v) is 3.75. The Balaban J connectivity index is 2.15. The summed E-state index contributed by atoms with van der Waals surface area (Å²) in [6.45, 7) is 4.14. The number of halogens is 1. The van der Waals surface area contributed by atoms with E-state index in [-0.39, 0.29) is 0 Å². The summed E-state index contributed by atoms with van der Waals surface area (Å²) in [5.41, 5.74) is 0. The fourth-order valence-electron chi connectivity index (χ4n) is 1.84.